The molecule has 3 heterocycles. The molecule has 11 rings (SSSR count). The number of rotatable bonds is 6. The molecule has 0 fully saturated rings. The number of hydrogen-bond donors (Lipinski definition) is 0. The molecular formula is C51H33N5. The Morgan fingerprint density at radius 2 is 0.714 bits per heavy atom. The summed E-state index contributed by atoms with van der Waals surface area (Å²) in [5.74, 6) is 1.82. The Hall–Kier alpha value is -7.63. The molecule has 0 saturated carbocycles. The lowest BCUT2D eigenvalue weighted by Gasteiger charge is -2.12. The average Bonchev–Trinajstić information content (AvgIpc) is 3.79. The summed E-state index contributed by atoms with van der Waals surface area (Å²) >= 11 is 0. The van der Waals surface area contributed by atoms with E-state index in [2.05, 4.69) is 191 Å². The molecular weight excluding hydrogens is 683 g/mol. The van der Waals surface area contributed by atoms with Gasteiger partial charge in [0.25, 0.3) is 0 Å². The Labute approximate surface area is 323 Å². The molecule has 0 aliphatic carbocycles. The van der Waals surface area contributed by atoms with E-state index in [-0.39, 0.29) is 0 Å². The fourth-order valence-corrected chi connectivity index (χ4v) is 8.15. The van der Waals surface area contributed by atoms with Gasteiger partial charge in [0.15, 0.2) is 11.6 Å². The number of nitrogens with zero attached hydrogens (tertiary/aromatic N) is 5. The lowest BCUT2D eigenvalue weighted by Crippen LogP contribution is -2.06. The molecule has 3 aromatic heterocycles. The van der Waals surface area contributed by atoms with Crippen molar-refractivity contribution < 1.29 is 0 Å². The van der Waals surface area contributed by atoms with E-state index in [0.29, 0.717) is 17.6 Å². The van der Waals surface area contributed by atoms with Gasteiger partial charge < -0.3 is 4.57 Å². The van der Waals surface area contributed by atoms with Crippen LogP contribution in [0.3, 0.4) is 0 Å². The lowest BCUT2D eigenvalue weighted by atomic mass is 10.0. The number of benzene rings is 8. The van der Waals surface area contributed by atoms with Crippen molar-refractivity contribution in [1.29, 1.82) is 0 Å². The van der Waals surface area contributed by atoms with Crippen LogP contribution in [-0.4, -0.2) is 24.1 Å². The molecule has 8 aromatic carbocycles. The maximum atomic E-state index is 5.25. The molecule has 0 radical (unpaired) electrons. The molecule has 0 spiro atoms. The maximum absolute atomic E-state index is 5.25. The number of para-hydroxylation sites is 3. The van der Waals surface area contributed by atoms with Crippen LogP contribution in [0.1, 0.15) is 0 Å². The van der Waals surface area contributed by atoms with Crippen LogP contribution in [0.25, 0.3) is 100 Å². The van der Waals surface area contributed by atoms with Crippen molar-refractivity contribution in [2.24, 2.45) is 0 Å². The number of aromatic nitrogens is 5. The first-order valence-corrected chi connectivity index (χ1v) is 18.9. The Kier molecular flexibility index (Phi) is 7.42. The van der Waals surface area contributed by atoms with Crippen LogP contribution >= 0.6 is 0 Å². The summed E-state index contributed by atoms with van der Waals surface area (Å²) in [6.45, 7) is 0. The Balaban J connectivity index is 1.08. The highest BCUT2D eigenvalue weighted by molar-refractivity contribution is 6.11. The Morgan fingerprint density at radius 3 is 1.38 bits per heavy atom. The third-order valence-corrected chi connectivity index (χ3v) is 10.8. The van der Waals surface area contributed by atoms with E-state index in [9.17, 15) is 0 Å². The minimum atomic E-state index is 0.577. The predicted octanol–water partition coefficient (Wildman–Crippen LogP) is 12.7. The first-order chi connectivity index (χ1) is 27.8. The van der Waals surface area contributed by atoms with Gasteiger partial charge in [0.1, 0.15) is 0 Å². The van der Waals surface area contributed by atoms with Gasteiger partial charge in [0, 0.05) is 38.4 Å². The van der Waals surface area contributed by atoms with E-state index in [4.69, 9.17) is 15.0 Å². The molecule has 0 aliphatic heterocycles. The van der Waals surface area contributed by atoms with Gasteiger partial charge in [-0.25, -0.2) is 4.98 Å². The van der Waals surface area contributed by atoms with Crippen LogP contribution in [0.5, 0.6) is 0 Å². The fraction of sp³-hybridized carbons (Fsp3) is 0. The third kappa shape index (κ3) is 5.29. The normalized spacial score (nSPS) is 11.6. The quantitative estimate of drug-likeness (QED) is 0.172. The molecule has 5 nitrogen and oxygen atoms in total. The summed E-state index contributed by atoms with van der Waals surface area (Å²) in [7, 11) is 0. The van der Waals surface area contributed by atoms with Crippen LogP contribution < -0.4 is 0 Å². The smallest absolute Gasteiger partial charge is 0.238 e. The molecule has 0 amide bonds. The summed E-state index contributed by atoms with van der Waals surface area (Å²) in [6.07, 6.45) is 0. The van der Waals surface area contributed by atoms with E-state index in [1.807, 2.05) is 18.2 Å². The van der Waals surface area contributed by atoms with Gasteiger partial charge >= 0.3 is 0 Å². The van der Waals surface area contributed by atoms with Crippen molar-refractivity contribution in [3.05, 3.63) is 200 Å². The van der Waals surface area contributed by atoms with Gasteiger partial charge in [-0.2, -0.15) is 9.97 Å². The predicted molar refractivity (Wildman–Crippen MR) is 230 cm³/mol. The number of fused-ring (bicyclic) bond motifs is 6. The van der Waals surface area contributed by atoms with Crippen LogP contribution in [0.4, 0.5) is 0 Å². The SMILES string of the molecule is c1ccc(-c2ccc3c(c2)c2ccccc2n3-c2nc(-c3ccccc3)nc(-c3cccc(-c4ccc5c(c4)c4ccccc4n5-c4ccccc4)c3)n2)cc1. The molecule has 0 saturated heterocycles. The fourth-order valence-electron chi connectivity index (χ4n) is 8.15. The zero-order valence-electron chi connectivity index (χ0n) is 30.3. The van der Waals surface area contributed by atoms with Crippen molar-refractivity contribution in [1.82, 2.24) is 24.1 Å². The standard InChI is InChI=1S/C51H33N5/c1-4-15-34(16-5-1)37-27-30-48-44(32-37)42-24-11-13-26-46(42)56(48)51-53-49(35-17-6-2-7-18-35)52-50(54-51)39-20-14-19-36(31-39)38-28-29-47-43(33-38)41-23-10-12-25-45(41)55(47)40-21-8-3-9-22-40/h1-33H. The first kappa shape index (κ1) is 31.9. The summed E-state index contributed by atoms with van der Waals surface area (Å²) < 4.78 is 4.52. The molecule has 5 heteroatoms. The second kappa shape index (κ2) is 13.0. The molecule has 0 bridgehead atoms. The molecule has 262 valence electrons. The lowest BCUT2D eigenvalue weighted by molar-refractivity contribution is 0.953. The average molecular weight is 716 g/mol. The van der Waals surface area contributed by atoms with Crippen LogP contribution in [0, 0.1) is 0 Å². The largest absolute Gasteiger partial charge is 0.309 e. The second-order valence-electron chi connectivity index (χ2n) is 14.1. The van der Waals surface area contributed by atoms with E-state index in [0.717, 1.165) is 49.7 Å². The van der Waals surface area contributed by atoms with E-state index < -0.39 is 0 Å². The minimum absolute atomic E-state index is 0.577. The van der Waals surface area contributed by atoms with E-state index in [1.165, 1.54) is 32.9 Å². The van der Waals surface area contributed by atoms with Crippen LogP contribution in [0.2, 0.25) is 0 Å². The molecule has 0 N–H and O–H groups in total. The second-order valence-corrected chi connectivity index (χ2v) is 14.1. The van der Waals surface area contributed by atoms with Crippen LogP contribution in [-0.2, 0) is 0 Å². The topological polar surface area (TPSA) is 48.5 Å². The highest BCUT2D eigenvalue weighted by Gasteiger charge is 2.19. The first-order valence-electron chi connectivity index (χ1n) is 18.9. The van der Waals surface area contributed by atoms with Gasteiger partial charge in [0.05, 0.1) is 22.1 Å². The Morgan fingerprint density at radius 1 is 0.268 bits per heavy atom. The third-order valence-electron chi connectivity index (χ3n) is 10.8. The van der Waals surface area contributed by atoms with Crippen molar-refractivity contribution in [2.45, 2.75) is 0 Å². The van der Waals surface area contributed by atoms with Crippen molar-refractivity contribution in [2.75, 3.05) is 0 Å². The van der Waals surface area contributed by atoms with Crippen molar-refractivity contribution in [3.8, 4) is 56.7 Å². The summed E-state index contributed by atoms with van der Waals surface area (Å²) in [4.78, 5) is 15.5. The van der Waals surface area contributed by atoms with Crippen molar-refractivity contribution >= 4 is 43.6 Å². The van der Waals surface area contributed by atoms with Gasteiger partial charge in [-0.1, -0.05) is 146 Å². The highest BCUT2D eigenvalue weighted by Crippen LogP contribution is 2.37. The van der Waals surface area contributed by atoms with Gasteiger partial charge in [-0.05, 0) is 76.9 Å². The zero-order valence-corrected chi connectivity index (χ0v) is 30.3. The number of hydrogen-bond acceptors (Lipinski definition) is 3. The summed E-state index contributed by atoms with van der Waals surface area (Å²) in [5, 5.41) is 4.73. The maximum Gasteiger partial charge on any atom is 0.238 e. The van der Waals surface area contributed by atoms with Gasteiger partial charge in [-0.3, -0.25) is 4.57 Å². The zero-order chi connectivity index (χ0) is 37.0. The van der Waals surface area contributed by atoms with E-state index >= 15 is 0 Å². The monoisotopic (exact) mass is 715 g/mol. The van der Waals surface area contributed by atoms with Gasteiger partial charge in [-0.15, -0.1) is 0 Å². The molecule has 0 aliphatic rings. The molecule has 11 aromatic rings. The van der Waals surface area contributed by atoms with Crippen molar-refractivity contribution in [3.63, 3.8) is 0 Å². The van der Waals surface area contributed by atoms with E-state index in [1.54, 1.807) is 0 Å². The van der Waals surface area contributed by atoms with Gasteiger partial charge in [0.2, 0.25) is 5.95 Å². The molecule has 0 atom stereocenters. The summed E-state index contributed by atoms with van der Waals surface area (Å²) in [5.41, 5.74) is 12.0. The summed E-state index contributed by atoms with van der Waals surface area (Å²) in [6, 6.07) is 70.4. The van der Waals surface area contributed by atoms with Crippen LogP contribution in [0.15, 0.2) is 200 Å². The minimum Gasteiger partial charge on any atom is -0.309 e. The molecule has 0 unspecified atom stereocenters. The Bertz CT molecular complexity index is 3240. The molecule has 56 heavy (non-hydrogen) atoms. The highest BCUT2D eigenvalue weighted by atomic mass is 15.2.